The normalized spacial score (nSPS) is 15.0. The number of phosphoric ester groups is 2. The number of aliphatic hydroxyl groups excluding tert-OH is 1. The summed E-state index contributed by atoms with van der Waals surface area (Å²) in [5, 5.41) is 10.5. The monoisotopic (exact) mass is 1200 g/mol. The lowest BCUT2D eigenvalue weighted by Gasteiger charge is -2.21. The van der Waals surface area contributed by atoms with E-state index in [1.807, 2.05) is 0 Å². The molecule has 0 aliphatic heterocycles. The van der Waals surface area contributed by atoms with Crippen LogP contribution in [-0.4, -0.2) is 96.7 Å². The number of unbranched alkanes of at least 4 members (excludes halogenated alkanes) is 29. The molecule has 0 aromatic heterocycles. The topological polar surface area (TPSA) is 237 Å². The van der Waals surface area contributed by atoms with Gasteiger partial charge in [0.1, 0.15) is 19.3 Å². The molecule has 19 heteroatoms. The maximum absolute atomic E-state index is 13.0. The number of carbonyl (C=O) groups excluding carboxylic acids is 4. The number of carbonyl (C=O) groups is 4. The quantitative estimate of drug-likeness (QED) is 0.0222. The molecule has 4 unspecified atom stereocenters. The molecule has 480 valence electrons. The van der Waals surface area contributed by atoms with Crippen LogP contribution >= 0.6 is 15.6 Å². The van der Waals surface area contributed by atoms with E-state index in [4.69, 9.17) is 37.0 Å². The van der Waals surface area contributed by atoms with Crippen molar-refractivity contribution < 1.29 is 80.2 Å². The molecule has 0 saturated heterocycles. The smallest absolute Gasteiger partial charge is 0.462 e. The van der Waals surface area contributed by atoms with E-state index in [-0.39, 0.29) is 25.7 Å². The van der Waals surface area contributed by atoms with E-state index in [2.05, 4.69) is 41.5 Å². The first kappa shape index (κ1) is 79.1. The van der Waals surface area contributed by atoms with Gasteiger partial charge < -0.3 is 33.8 Å². The van der Waals surface area contributed by atoms with Gasteiger partial charge in [-0.05, 0) is 37.5 Å². The highest BCUT2D eigenvalue weighted by molar-refractivity contribution is 7.47. The Balaban J connectivity index is 5.20. The SMILES string of the molecule is CCCCCCCCCCCCC(=O)O[C@H](COC(=O)CCCCCCC)COP(=O)(O)OC[C@H](O)COP(=O)(O)OC[C@@H](COC(=O)CCCCCCCCCCC(C)CC)OC(=O)CCCCCCCCCCCCC(C)CC. The Morgan fingerprint density at radius 3 is 0.877 bits per heavy atom. The number of rotatable bonds is 61. The molecule has 3 N–H and O–H groups in total. The molecule has 0 amide bonds. The van der Waals surface area contributed by atoms with E-state index < -0.39 is 97.5 Å². The van der Waals surface area contributed by atoms with Crippen molar-refractivity contribution >= 4 is 39.5 Å². The predicted molar refractivity (Wildman–Crippen MR) is 321 cm³/mol. The standard InChI is InChI=1S/C62H120O17P2/c1-7-11-13-15-16-17-21-28-34-40-46-61(66)78-57(50-72-59(64)44-38-30-14-12-8-2)52-76-80(68,69)74-48-56(63)49-75-81(70,71)77-53-58(51-73-60(65)45-39-33-27-24-23-26-32-37-43-55(6)10-4)79-62(67)47-41-35-29-22-19-18-20-25-31-36-42-54(5)9-3/h54-58,63H,7-53H2,1-6H3,(H,68,69)(H,70,71)/t54?,55?,56-,57+,58+/m0/s1. The molecule has 0 fully saturated rings. The van der Waals surface area contributed by atoms with Crippen LogP contribution in [-0.2, 0) is 65.4 Å². The maximum atomic E-state index is 13.0. The molecule has 0 aliphatic rings. The molecule has 0 rings (SSSR count). The van der Waals surface area contributed by atoms with Gasteiger partial charge in [-0.15, -0.1) is 0 Å². The van der Waals surface area contributed by atoms with E-state index in [1.54, 1.807) is 0 Å². The molecule has 0 aromatic rings. The molecule has 0 aliphatic carbocycles. The van der Waals surface area contributed by atoms with Gasteiger partial charge >= 0.3 is 39.5 Å². The summed E-state index contributed by atoms with van der Waals surface area (Å²) in [5.74, 6) is -0.567. The summed E-state index contributed by atoms with van der Waals surface area (Å²) in [6, 6.07) is 0. The highest BCUT2D eigenvalue weighted by Gasteiger charge is 2.30. The summed E-state index contributed by atoms with van der Waals surface area (Å²) in [7, 11) is -9.87. The van der Waals surface area contributed by atoms with Gasteiger partial charge in [0, 0.05) is 25.7 Å². The molecule has 0 radical (unpaired) electrons. The second-order valence-corrected chi connectivity index (χ2v) is 25.8. The zero-order valence-corrected chi connectivity index (χ0v) is 53.9. The van der Waals surface area contributed by atoms with Crippen molar-refractivity contribution in [3.05, 3.63) is 0 Å². The van der Waals surface area contributed by atoms with Gasteiger partial charge in [0.25, 0.3) is 0 Å². The Morgan fingerprint density at radius 1 is 0.346 bits per heavy atom. The van der Waals surface area contributed by atoms with E-state index in [0.29, 0.717) is 25.7 Å². The number of hydrogen-bond acceptors (Lipinski definition) is 15. The van der Waals surface area contributed by atoms with E-state index in [0.717, 1.165) is 108 Å². The van der Waals surface area contributed by atoms with Crippen LogP contribution in [0.25, 0.3) is 0 Å². The molecule has 0 spiro atoms. The van der Waals surface area contributed by atoms with Gasteiger partial charge in [0.2, 0.25) is 0 Å². The first-order valence-corrected chi connectivity index (χ1v) is 35.6. The molecular formula is C62H120O17P2. The van der Waals surface area contributed by atoms with Crippen LogP contribution in [0, 0.1) is 11.8 Å². The molecule has 7 atom stereocenters. The molecule has 0 aromatic carbocycles. The molecular weight excluding hydrogens is 1080 g/mol. The van der Waals surface area contributed by atoms with E-state index in [9.17, 15) is 43.2 Å². The highest BCUT2D eigenvalue weighted by Crippen LogP contribution is 2.45. The molecule has 0 saturated carbocycles. The van der Waals surface area contributed by atoms with Gasteiger partial charge in [-0.2, -0.15) is 0 Å². The summed E-state index contributed by atoms with van der Waals surface area (Å²) in [6.07, 6.45) is 36.4. The lowest BCUT2D eigenvalue weighted by Crippen LogP contribution is -2.30. The van der Waals surface area contributed by atoms with Crippen LogP contribution in [0.15, 0.2) is 0 Å². The lowest BCUT2D eigenvalue weighted by atomic mass is 9.99. The second kappa shape index (κ2) is 54.7. The van der Waals surface area contributed by atoms with Crippen molar-refractivity contribution in [3.8, 4) is 0 Å². The van der Waals surface area contributed by atoms with Crippen molar-refractivity contribution in [2.45, 2.75) is 323 Å². The minimum Gasteiger partial charge on any atom is -0.462 e. The summed E-state index contributed by atoms with van der Waals surface area (Å²) in [6.45, 7) is 9.41. The fraction of sp³-hybridized carbons (Fsp3) is 0.935. The Labute approximate surface area is 492 Å². The van der Waals surface area contributed by atoms with Crippen molar-refractivity contribution in [1.29, 1.82) is 0 Å². The van der Waals surface area contributed by atoms with Crippen molar-refractivity contribution in [1.82, 2.24) is 0 Å². The Bertz CT molecular complexity index is 1600. The van der Waals surface area contributed by atoms with Gasteiger partial charge in [0.05, 0.1) is 26.4 Å². The molecule has 17 nitrogen and oxygen atoms in total. The van der Waals surface area contributed by atoms with E-state index >= 15 is 0 Å². The number of hydrogen-bond donors (Lipinski definition) is 3. The molecule has 81 heavy (non-hydrogen) atoms. The van der Waals surface area contributed by atoms with Crippen LogP contribution in [0.1, 0.15) is 305 Å². The number of ether oxygens (including phenoxy) is 4. The fourth-order valence-corrected chi connectivity index (χ4v) is 10.7. The summed E-state index contributed by atoms with van der Waals surface area (Å²) in [4.78, 5) is 71.9. The van der Waals surface area contributed by atoms with Crippen molar-refractivity contribution in [3.63, 3.8) is 0 Å². The molecule has 0 bridgehead atoms. The van der Waals surface area contributed by atoms with Gasteiger partial charge in [-0.3, -0.25) is 37.3 Å². The van der Waals surface area contributed by atoms with Crippen LogP contribution < -0.4 is 0 Å². The zero-order chi connectivity index (χ0) is 60.1. The van der Waals surface area contributed by atoms with Crippen LogP contribution in [0.5, 0.6) is 0 Å². The van der Waals surface area contributed by atoms with Crippen molar-refractivity contribution in [2.24, 2.45) is 11.8 Å². The summed E-state index contributed by atoms with van der Waals surface area (Å²) >= 11 is 0. The fourth-order valence-electron chi connectivity index (χ4n) is 9.11. The van der Waals surface area contributed by atoms with Crippen LogP contribution in [0.4, 0.5) is 0 Å². The van der Waals surface area contributed by atoms with Gasteiger partial charge in [-0.25, -0.2) is 9.13 Å². The van der Waals surface area contributed by atoms with Crippen molar-refractivity contribution in [2.75, 3.05) is 39.6 Å². The summed E-state index contributed by atoms with van der Waals surface area (Å²) in [5.41, 5.74) is 0. The largest absolute Gasteiger partial charge is 0.472 e. The first-order chi connectivity index (χ1) is 38.9. The van der Waals surface area contributed by atoms with E-state index in [1.165, 1.54) is 116 Å². The minimum absolute atomic E-state index is 0.105. The minimum atomic E-state index is -4.94. The third-order valence-electron chi connectivity index (χ3n) is 14.9. The van der Waals surface area contributed by atoms with Gasteiger partial charge in [0.15, 0.2) is 12.2 Å². The molecule has 0 heterocycles. The zero-order valence-electron chi connectivity index (χ0n) is 52.1. The van der Waals surface area contributed by atoms with Crippen LogP contribution in [0.3, 0.4) is 0 Å². The third kappa shape index (κ3) is 54.5. The lowest BCUT2D eigenvalue weighted by molar-refractivity contribution is -0.161. The van der Waals surface area contributed by atoms with Gasteiger partial charge in [-0.1, -0.05) is 253 Å². The Kier molecular flexibility index (Phi) is 53.4. The first-order valence-electron chi connectivity index (χ1n) is 32.6. The second-order valence-electron chi connectivity index (χ2n) is 22.9. The number of phosphoric acid groups is 2. The predicted octanol–water partition coefficient (Wildman–Crippen LogP) is 16.9. The highest BCUT2D eigenvalue weighted by atomic mass is 31.2. The third-order valence-corrected chi connectivity index (χ3v) is 16.8. The summed E-state index contributed by atoms with van der Waals surface area (Å²) < 4.78 is 67.7. The Hall–Kier alpha value is -1.94. The average Bonchev–Trinajstić information content (AvgIpc) is 3.44. The average molecular weight is 1200 g/mol. The number of aliphatic hydroxyl groups is 1. The van der Waals surface area contributed by atoms with Crippen LogP contribution in [0.2, 0.25) is 0 Å². The maximum Gasteiger partial charge on any atom is 0.472 e. The number of esters is 4. The Morgan fingerprint density at radius 2 is 0.593 bits per heavy atom.